The Balaban J connectivity index is 2.26. The Bertz CT molecular complexity index is 466. The van der Waals surface area contributed by atoms with Crippen molar-refractivity contribution in [2.24, 2.45) is 5.92 Å². The Kier molecular flexibility index (Phi) is 5.73. The highest BCUT2D eigenvalue weighted by atomic mass is 16.5. The van der Waals surface area contributed by atoms with E-state index in [9.17, 15) is 4.79 Å². The summed E-state index contributed by atoms with van der Waals surface area (Å²) in [5.41, 5.74) is 1.36. The zero-order valence-corrected chi connectivity index (χ0v) is 13.3. The van der Waals surface area contributed by atoms with Gasteiger partial charge in [0.25, 0.3) is 0 Å². The molecule has 1 unspecified atom stereocenters. The van der Waals surface area contributed by atoms with Gasteiger partial charge in [0, 0.05) is 12.5 Å². The van der Waals surface area contributed by atoms with Gasteiger partial charge in [-0.2, -0.15) is 0 Å². The number of esters is 1. The quantitative estimate of drug-likeness (QED) is 0.812. The number of aromatic nitrogens is 3. The summed E-state index contributed by atoms with van der Waals surface area (Å²) in [4.78, 5) is 11.9. The minimum absolute atomic E-state index is 0.337. The molecule has 0 bridgehead atoms. The summed E-state index contributed by atoms with van der Waals surface area (Å²) in [5.74, 6) is 0.491. The molecule has 2 heterocycles. The highest BCUT2D eigenvalue weighted by Gasteiger charge is 2.28. The standard InChI is InChI=1S/C15H26N4O2/c1-4-5-11(2)10-19-14(12-6-8-16-9-7-12)13(17-18-19)15(20)21-3/h11-12,16H,4-10H2,1-3H3. The second-order valence-electron chi connectivity index (χ2n) is 5.92. The number of nitrogens with zero attached hydrogens (tertiary/aromatic N) is 3. The number of carbonyl (C=O) groups is 1. The lowest BCUT2D eigenvalue weighted by molar-refractivity contribution is 0.0591. The number of piperidine rings is 1. The molecule has 118 valence electrons. The fourth-order valence-corrected chi connectivity index (χ4v) is 3.08. The molecule has 0 aliphatic carbocycles. The van der Waals surface area contributed by atoms with Gasteiger partial charge in [0.15, 0.2) is 5.69 Å². The highest BCUT2D eigenvalue weighted by Crippen LogP contribution is 2.28. The molecule has 1 saturated heterocycles. The molecule has 0 amide bonds. The van der Waals surface area contributed by atoms with Crippen molar-refractivity contribution in [1.29, 1.82) is 0 Å². The minimum Gasteiger partial charge on any atom is -0.464 e. The van der Waals surface area contributed by atoms with E-state index in [0.29, 0.717) is 17.5 Å². The molecule has 0 saturated carbocycles. The topological polar surface area (TPSA) is 69.0 Å². The molecule has 6 heteroatoms. The summed E-state index contributed by atoms with van der Waals surface area (Å²) in [6.45, 7) is 7.17. The first-order chi connectivity index (χ1) is 10.2. The lowest BCUT2D eigenvalue weighted by atomic mass is 9.92. The zero-order chi connectivity index (χ0) is 15.2. The summed E-state index contributed by atoms with van der Waals surface area (Å²) in [6.07, 6.45) is 4.33. The van der Waals surface area contributed by atoms with Crippen LogP contribution >= 0.6 is 0 Å². The third-order valence-electron chi connectivity index (χ3n) is 4.14. The van der Waals surface area contributed by atoms with E-state index >= 15 is 0 Å². The third-order valence-corrected chi connectivity index (χ3v) is 4.14. The van der Waals surface area contributed by atoms with Gasteiger partial charge in [-0.15, -0.1) is 5.10 Å². The zero-order valence-electron chi connectivity index (χ0n) is 13.3. The van der Waals surface area contributed by atoms with E-state index in [-0.39, 0.29) is 5.97 Å². The molecule has 1 aromatic rings. The number of hydrogen-bond acceptors (Lipinski definition) is 5. The van der Waals surface area contributed by atoms with Gasteiger partial charge in [0.05, 0.1) is 12.8 Å². The molecule has 0 spiro atoms. The first-order valence-electron chi connectivity index (χ1n) is 7.89. The van der Waals surface area contributed by atoms with E-state index in [0.717, 1.165) is 51.0 Å². The SMILES string of the molecule is CCCC(C)Cn1nnc(C(=O)OC)c1C1CCNCC1. The number of nitrogens with one attached hydrogen (secondary N) is 1. The Morgan fingerprint density at radius 1 is 1.48 bits per heavy atom. The Morgan fingerprint density at radius 3 is 2.81 bits per heavy atom. The summed E-state index contributed by atoms with van der Waals surface area (Å²) in [7, 11) is 1.40. The first-order valence-corrected chi connectivity index (χ1v) is 7.89. The van der Waals surface area contributed by atoms with Crippen LogP contribution in [-0.4, -0.2) is 41.2 Å². The molecule has 2 rings (SSSR count). The molecule has 1 aliphatic rings. The normalized spacial score (nSPS) is 17.7. The molecule has 1 aliphatic heterocycles. The summed E-state index contributed by atoms with van der Waals surface area (Å²) < 4.78 is 6.80. The van der Waals surface area contributed by atoms with Crippen LogP contribution in [0.15, 0.2) is 0 Å². The summed E-state index contributed by atoms with van der Waals surface area (Å²) in [5, 5.41) is 11.7. The average Bonchev–Trinajstić information content (AvgIpc) is 2.91. The van der Waals surface area contributed by atoms with Crippen LogP contribution in [0, 0.1) is 5.92 Å². The van der Waals surface area contributed by atoms with E-state index < -0.39 is 0 Å². The maximum absolute atomic E-state index is 11.9. The van der Waals surface area contributed by atoms with E-state index in [1.54, 1.807) is 0 Å². The minimum atomic E-state index is -0.377. The van der Waals surface area contributed by atoms with E-state index in [2.05, 4.69) is 29.5 Å². The van der Waals surface area contributed by atoms with Gasteiger partial charge < -0.3 is 10.1 Å². The molecule has 1 N–H and O–H groups in total. The Hall–Kier alpha value is -1.43. The number of methoxy groups -OCH3 is 1. The van der Waals surface area contributed by atoms with Crippen molar-refractivity contribution in [2.75, 3.05) is 20.2 Å². The number of carbonyl (C=O) groups excluding carboxylic acids is 1. The van der Waals surface area contributed by atoms with Crippen LogP contribution in [0.3, 0.4) is 0 Å². The fourth-order valence-electron chi connectivity index (χ4n) is 3.08. The predicted octanol–water partition coefficient (Wildman–Crippen LogP) is 1.97. The van der Waals surface area contributed by atoms with Crippen molar-refractivity contribution in [3.05, 3.63) is 11.4 Å². The molecule has 1 aromatic heterocycles. The van der Waals surface area contributed by atoms with Gasteiger partial charge in [-0.25, -0.2) is 9.48 Å². The van der Waals surface area contributed by atoms with Crippen molar-refractivity contribution < 1.29 is 9.53 Å². The maximum atomic E-state index is 11.9. The van der Waals surface area contributed by atoms with Gasteiger partial charge >= 0.3 is 5.97 Å². The van der Waals surface area contributed by atoms with Crippen LogP contribution in [0.1, 0.15) is 61.6 Å². The molecular weight excluding hydrogens is 268 g/mol. The number of hydrogen-bond donors (Lipinski definition) is 1. The molecular formula is C15H26N4O2. The molecule has 21 heavy (non-hydrogen) atoms. The second kappa shape index (κ2) is 7.54. The van der Waals surface area contributed by atoms with Gasteiger partial charge in [-0.1, -0.05) is 25.5 Å². The molecule has 0 radical (unpaired) electrons. The van der Waals surface area contributed by atoms with Gasteiger partial charge in [-0.05, 0) is 38.3 Å². The van der Waals surface area contributed by atoms with Crippen molar-refractivity contribution in [3.63, 3.8) is 0 Å². The highest BCUT2D eigenvalue weighted by molar-refractivity contribution is 5.88. The van der Waals surface area contributed by atoms with Crippen LogP contribution in [0.4, 0.5) is 0 Å². The van der Waals surface area contributed by atoms with Crippen LogP contribution in [0.25, 0.3) is 0 Å². The fraction of sp³-hybridized carbons (Fsp3) is 0.800. The second-order valence-corrected chi connectivity index (χ2v) is 5.92. The molecule has 1 atom stereocenters. The molecule has 6 nitrogen and oxygen atoms in total. The third kappa shape index (κ3) is 3.81. The lowest BCUT2D eigenvalue weighted by Gasteiger charge is -2.24. The molecule has 0 aromatic carbocycles. The largest absolute Gasteiger partial charge is 0.464 e. The van der Waals surface area contributed by atoms with Gasteiger partial charge in [0.2, 0.25) is 0 Å². The monoisotopic (exact) mass is 294 g/mol. The predicted molar refractivity (Wildman–Crippen MR) is 80.3 cm³/mol. The number of ether oxygens (including phenoxy) is 1. The maximum Gasteiger partial charge on any atom is 0.360 e. The molecule has 1 fully saturated rings. The van der Waals surface area contributed by atoms with E-state index in [4.69, 9.17) is 4.74 Å². The number of rotatable bonds is 6. The van der Waals surface area contributed by atoms with Gasteiger partial charge in [-0.3, -0.25) is 0 Å². The van der Waals surface area contributed by atoms with Crippen LogP contribution < -0.4 is 5.32 Å². The van der Waals surface area contributed by atoms with Crippen molar-refractivity contribution in [1.82, 2.24) is 20.3 Å². The smallest absolute Gasteiger partial charge is 0.360 e. The van der Waals surface area contributed by atoms with Crippen LogP contribution in [-0.2, 0) is 11.3 Å². The van der Waals surface area contributed by atoms with Crippen molar-refractivity contribution in [3.8, 4) is 0 Å². The average molecular weight is 294 g/mol. The van der Waals surface area contributed by atoms with Crippen LogP contribution in [0.5, 0.6) is 0 Å². The summed E-state index contributed by atoms with van der Waals surface area (Å²) in [6, 6.07) is 0. The first kappa shape index (κ1) is 15.9. The Labute approximate surface area is 126 Å². The van der Waals surface area contributed by atoms with Crippen LogP contribution in [0.2, 0.25) is 0 Å². The Morgan fingerprint density at radius 2 is 2.19 bits per heavy atom. The van der Waals surface area contributed by atoms with Gasteiger partial charge in [0.1, 0.15) is 0 Å². The van der Waals surface area contributed by atoms with E-state index in [1.165, 1.54) is 7.11 Å². The lowest BCUT2D eigenvalue weighted by Crippen LogP contribution is -2.29. The van der Waals surface area contributed by atoms with Crippen molar-refractivity contribution in [2.45, 2.75) is 52.0 Å². The van der Waals surface area contributed by atoms with E-state index in [1.807, 2.05) is 4.68 Å². The summed E-state index contributed by atoms with van der Waals surface area (Å²) >= 11 is 0. The van der Waals surface area contributed by atoms with Crippen molar-refractivity contribution >= 4 is 5.97 Å².